The molecule has 0 spiro atoms. The first kappa shape index (κ1) is 15.4. The van der Waals surface area contributed by atoms with Gasteiger partial charge in [0.2, 0.25) is 0 Å². The lowest BCUT2D eigenvalue weighted by molar-refractivity contribution is -0.137. The lowest BCUT2D eigenvalue weighted by atomic mass is 10.2. The van der Waals surface area contributed by atoms with Crippen molar-refractivity contribution in [2.24, 2.45) is 0 Å². The smallest absolute Gasteiger partial charge is 0.310 e. The molecule has 0 unspecified atom stereocenters. The molecule has 1 aromatic heterocycles. The minimum Gasteiger partial charge on any atom is -0.310 e. The minimum atomic E-state index is -4.56. The number of nitrogens with one attached hydrogen (secondary N) is 1. The molecule has 0 atom stereocenters. The van der Waals surface area contributed by atoms with E-state index in [-0.39, 0.29) is 18.1 Å². The number of hydrogen-bond donors (Lipinski definition) is 1. The van der Waals surface area contributed by atoms with Gasteiger partial charge in [0.15, 0.2) is 5.82 Å². The Morgan fingerprint density at radius 1 is 1.29 bits per heavy atom. The number of nitrogens with zero attached hydrogens (tertiary/aromatic N) is 4. The Morgan fingerprint density at radius 3 is 2.71 bits per heavy atom. The number of hydrogen-bond acceptors (Lipinski definition) is 4. The molecule has 0 aliphatic heterocycles. The first-order chi connectivity index (χ1) is 9.93. The van der Waals surface area contributed by atoms with Crippen LogP contribution in [-0.4, -0.2) is 26.8 Å². The molecule has 21 heavy (non-hydrogen) atoms. The fourth-order valence-corrected chi connectivity index (χ4v) is 1.73. The Hall–Kier alpha value is -2.03. The molecule has 5 nitrogen and oxygen atoms in total. The SMILES string of the molecule is CCCNCc1nnnn1-c1cc(C(F)(F)F)ccc1F. The van der Waals surface area contributed by atoms with E-state index in [1.54, 1.807) is 0 Å². The van der Waals surface area contributed by atoms with Crippen molar-refractivity contribution in [2.75, 3.05) is 6.54 Å². The summed E-state index contributed by atoms with van der Waals surface area (Å²) in [4.78, 5) is 0. The van der Waals surface area contributed by atoms with Crippen LogP contribution >= 0.6 is 0 Å². The maximum atomic E-state index is 13.8. The highest BCUT2D eigenvalue weighted by atomic mass is 19.4. The Labute approximate surface area is 118 Å². The fourth-order valence-electron chi connectivity index (χ4n) is 1.73. The van der Waals surface area contributed by atoms with E-state index in [2.05, 4.69) is 20.8 Å². The van der Waals surface area contributed by atoms with Crippen LogP contribution in [0.5, 0.6) is 0 Å². The Morgan fingerprint density at radius 2 is 2.05 bits per heavy atom. The lowest BCUT2D eigenvalue weighted by Crippen LogP contribution is -2.18. The van der Waals surface area contributed by atoms with E-state index in [1.807, 2.05) is 6.92 Å². The molecule has 0 aliphatic carbocycles. The van der Waals surface area contributed by atoms with Crippen molar-refractivity contribution in [3.05, 3.63) is 35.4 Å². The van der Waals surface area contributed by atoms with Gasteiger partial charge in [-0.15, -0.1) is 5.10 Å². The maximum absolute atomic E-state index is 13.8. The standard InChI is InChI=1S/C12H13F4N5/c1-2-5-17-7-11-18-19-20-21(11)10-6-8(12(14,15)16)3-4-9(10)13/h3-4,6,17H,2,5,7H2,1H3. The van der Waals surface area contributed by atoms with Gasteiger partial charge in [0.25, 0.3) is 0 Å². The van der Waals surface area contributed by atoms with Gasteiger partial charge in [-0.1, -0.05) is 6.92 Å². The van der Waals surface area contributed by atoms with E-state index in [4.69, 9.17) is 0 Å². The van der Waals surface area contributed by atoms with Crippen LogP contribution in [0.2, 0.25) is 0 Å². The summed E-state index contributed by atoms with van der Waals surface area (Å²) < 4.78 is 52.8. The van der Waals surface area contributed by atoms with Crippen molar-refractivity contribution >= 4 is 0 Å². The molecule has 0 bridgehead atoms. The number of tetrazole rings is 1. The molecular formula is C12H13F4N5. The average Bonchev–Trinajstić information content (AvgIpc) is 2.86. The van der Waals surface area contributed by atoms with E-state index in [9.17, 15) is 17.6 Å². The highest BCUT2D eigenvalue weighted by molar-refractivity contribution is 5.38. The summed E-state index contributed by atoms with van der Waals surface area (Å²) in [6, 6.07) is 2.12. The van der Waals surface area contributed by atoms with Crippen molar-refractivity contribution in [3.63, 3.8) is 0 Å². The van der Waals surface area contributed by atoms with Crippen LogP contribution in [0.25, 0.3) is 5.69 Å². The van der Waals surface area contributed by atoms with E-state index >= 15 is 0 Å². The third-order valence-corrected chi connectivity index (χ3v) is 2.75. The van der Waals surface area contributed by atoms with Crippen LogP contribution in [0.15, 0.2) is 18.2 Å². The second-order valence-electron chi connectivity index (χ2n) is 4.35. The molecule has 2 aromatic rings. The first-order valence-corrected chi connectivity index (χ1v) is 6.28. The van der Waals surface area contributed by atoms with Gasteiger partial charge in [0.1, 0.15) is 11.5 Å². The van der Waals surface area contributed by atoms with E-state index < -0.39 is 17.6 Å². The van der Waals surface area contributed by atoms with Gasteiger partial charge >= 0.3 is 6.18 Å². The second kappa shape index (κ2) is 6.17. The maximum Gasteiger partial charge on any atom is 0.416 e. The van der Waals surface area contributed by atoms with Crippen LogP contribution in [-0.2, 0) is 12.7 Å². The van der Waals surface area contributed by atoms with Gasteiger partial charge in [-0.05, 0) is 41.6 Å². The Balaban J connectivity index is 2.36. The first-order valence-electron chi connectivity index (χ1n) is 6.28. The molecule has 0 saturated heterocycles. The van der Waals surface area contributed by atoms with Crippen molar-refractivity contribution < 1.29 is 17.6 Å². The van der Waals surface area contributed by atoms with Crippen LogP contribution in [0, 0.1) is 5.82 Å². The Bertz CT molecular complexity index is 608. The number of halogens is 4. The largest absolute Gasteiger partial charge is 0.416 e. The normalized spacial score (nSPS) is 11.9. The molecule has 0 saturated carbocycles. The monoisotopic (exact) mass is 303 g/mol. The highest BCUT2D eigenvalue weighted by Gasteiger charge is 2.31. The second-order valence-corrected chi connectivity index (χ2v) is 4.35. The summed E-state index contributed by atoms with van der Waals surface area (Å²) in [6.45, 7) is 2.89. The van der Waals surface area contributed by atoms with Crippen LogP contribution in [0.4, 0.5) is 17.6 Å². The van der Waals surface area contributed by atoms with Crippen molar-refractivity contribution in [3.8, 4) is 5.69 Å². The minimum absolute atomic E-state index is 0.233. The zero-order chi connectivity index (χ0) is 15.5. The molecule has 114 valence electrons. The van der Waals surface area contributed by atoms with Gasteiger partial charge in [-0.3, -0.25) is 0 Å². The van der Waals surface area contributed by atoms with Gasteiger partial charge in [0, 0.05) is 0 Å². The number of aromatic nitrogens is 4. The third-order valence-electron chi connectivity index (χ3n) is 2.75. The average molecular weight is 303 g/mol. The third kappa shape index (κ3) is 3.54. The predicted molar refractivity (Wildman–Crippen MR) is 66.1 cm³/mol. The van der Waals surface area contributed by atoms with Gasteiger partial charge < -0.3 is 5.32 Å². The summed E-state index contributed by atoms with van der Waals surface area (Å²) in [5, 5.41) is 13.6. The molecule has 0 fully saturated rings. The van der Waals surface area contributed by atoms with Crippen molar-refractivity contribution in [2.45, 2.75) is 26.1 Å². The van der Waals surface area contributed by atoms with Crippen molar-refractivity contribution in [1.82, 2.24) is 25.5 Å². The summed E-state index contributed by atoms with van der Waals surface area (Å²) in [6.07, 6.45) is -3.68. The zero-order valence-electron chi connectivity index (χ0n) is 11.2. The molecule has 9 heteroatoms. The molecular weight excluding hydrogens is 290 g/mol. The fraction of sp³-hybridized carbons (Fsp3) is 0.417. The summed E-state index contributed by atoms with van der Waals surface area (Å²) in [5.74, 6) is -0.589. The topological polar surface area (TPSA) is 55.6 Å². The van der Waals surface area contributed by atoms with E-state index in [1.165, 1.54) is 0 Å². The molecule has 1 heterocycles. The van der Waals surface area contributed by atoms with E-state index in [0.717, 1.165) is 17.2 Å². The lowest BCUT2D eigenvalue weighted by Gasteiger charge is -2.10. The van der Waals surface area contributed by atoms with Gasteiger partial charge in [-0.2, -0.15) is 17.9 Å². The molecule has 1 N–H and O–H groups in total. The predicted octanol–water partition coefficient (Wildman–Crippen LogP) is 2.32. The molecule has 2 rings (SSSR count). The number of benzene rings is 1. The summed E-state index contributed by atoms with van der Waals surface area (Å²) >= 11 is 0. The van der Waals surface area contributed by atoms with Gasteiger partial charge in [0.05, 0.1) is 12.1 Å². The van der Waals surface area contributed by atoms with Crippen molar-refractivity contribution in [1.29, 1.82) is 0 Å². The Kier molecular flexibility index (Phi) is 4.51. The highest BCUT2D eigenvalue weighted by Crippen LogP contribution is 2.31. The number of rotatable bonds is 5. The summed E-state index contributed by atoms with van der Waals surface area (Å²) in [7, 11) is 0. The molecule has 0 radical (unpaired) electrons. The number of alkyl halides is 3. The van der Waals surface area contributed by atoms with Crippen LogP contribution in [0.1, 0.15) is 24.7 Å². The zero-order valence-corrected chi connectivity index (χ0v) is 11.2. The molecule has 0 amide bonds. The van der Waals surface area contributed by atoms with E-state index in [0.29, 0.717) is 18.7 Å². The quantitative estimate of drug-likeness (QED) is 0.680. The molecule has 0 aliphatic rings. The van der Waals surface area contributed by atoms with Crippen LogP contribution < -0.4 is 5.32 Å². The summed E-state index contributed by atoms with van der Waals surface area (Å²) in [5.41, 5.74) is -1.29. The van der Waals surface area contributed by atoms with Crippen LogP contribution in [0.3, 0.4) is 0 Å². The van der Waals surface area contributed by atoms with Gasteiger partial charge in [-0.25, -0.2) is 4.39 Å². The molecule has 1 aromatic carbocycles.